The van der Waals surface area contributed by atoms with Crippen LogP contribution in [0.5, 0.6) is 0 Å². The van der Waals surface area contributed by atoms with Crippen LogP contribution in [0.25, 0.3) is 10.9 Å². The van der Waals surface area contributed by atoms with Gasteiger partial charge in [-0.05, 0) is 37.1 Å². The molecular weight excluding hydrogens is 236 g/mol. The number of H-pyrrole nitrogens is 1. The molecule has 3 nitrogen and oxygen atoms in total. The third-order valence-electron chi connectivity index (χ3n) is 2.81. The number of aliphatic hydroxyl groups excluding tert-OH is 1. The average Bonchev–Trinajstić information content (AvgIpc) is 2.71. The van der Waals surface area contributed by atoms with Crippen molar-refractivity contribution in [3.05, 3.63) is 35.0 Å². The Kier molecular flexibility index (Phi) is 4.42. The van der Waals surface area contributed by atoms with Gasteiger partial charge in [0.1, 0.15) is 0 Å². The molecule has 17 heavy (non-hydrogen) atoms. The number of aromatic amines is 1. The highest BCUT2D eigenvalue weighted by Crippen LogP contribution is 2.21. The van der Waals surface area contributed by atoms with Gasteiger partial charge >= 0.3 is 0 Å². The molecule has 0 atom stereocenters. The van der Waals surface area contributed by atoms with Gasteiger partial charge in [0.05, 0.1) is 0 Å². The van der Waals surface area contributed by atoms with E-state index >= 15 is 0 Å². The van der Waals surface area contributed by atoms with Crippen molar-refractivity contribution in [2.24, 2.45) is 0 Å². The number of rotatable bonds is 6. The highest BCUT2D eigenvalue weighted by atomic mass is 35.5. The van der Waals surface area contributed by atoms with E-state index in [0.29, 0.717) is 0 Å². The first-order valence-electron chi connectivity index (χ1n) is 5.88. The van der Waals surface area contributed by atoms with Crippen molar-refractivity contribution < 1.29 is 5.11 Å². The van der Waals surface area contributed by atoms with Crippen LogP contribution in [0.1, 0.15) is 18.4 Å². The highest BCUT2D eigenvalue weighted by molar-refractivity contribution is 6.31. The second kappa shape index (κ2) is 6.05. The Morgan fingerprint density at radius 3 is 3.00 bits per heavy atom. The summed E-state index contributed by atoms with van der Waals surface area (Å²) in [5, 5.41) is 14.0. The molecule has 1 aromatic heterocycles. The fourth-order valence-electron chi connectivity index (χ4n) is 1.89. The summed E-state index contributed by atoms with van der Waals surface area (Å²) in [5.41, 5.74) is 2.32. The lowest BCUT2D eigenvalue weighted by atomic mass is 10.2. The van der Waals surface area contributed by atoms with Gasteiger partial charge in [0.15, 0.2) is 0 Å². The quantitative estimate of drug-likeness (QED) is 0.693. The van der Waals surface area contributed by atoms with Crippen LogP contribution in [0.2, 0.25) is 5.02 Å². The van der Waals surface area contributed by atoms with Crippen molar-refractivity contribution in [1.29, 1.82) is 0 Å². The lowest BCUT2D eigenvalue weighted by Gasteiger charge is -2.03. The molecule has 0 saturated carbocycles. The normalized spacial score (nSPS) is 11.2. The van der Waals surface area contributed by atoms with Gasteiger partial charge in [0, 0.05) is 35.3 Å². The van der Waals surface area contributed by atoms with E-state index in [0.717, 1.165) is 36.5 Å². The molecule has 1 aromatic carbocycles. The number of benzene rings is 1. The fraction of sp³-hybridized carbons (Fsp3) is 0.385. The predicted molar refractivity (Wildman–Crippen MR) is 71.3 cm³/mol. The maximum absolute atomic E-state index is 8.67. The van der Waals surface area contributed by atoms with Gasteiger partial charge in [-0.3, -0.25) is 0 Å². The molecule has 3 N–H and O–H groups in total. The molecule has 1 heterocycles. The van der Waals surface area contributed by atoms with Gasteiger partial charge in [-0.1, -0.05) is 17.7 Å². The van der Waals surface area contributed by atoms with E-state index in [-0.39, 0.29) is 6.61 Å². The summed E-state index contributed by atoms with van der Waals surface area (Å²) >= 11 is 5.93. The maximum atomic E-state index is 8.67. The number of aliphatic hydroxyl groups is 1. The lowest BCUT2D eigenvalue weighted by molar-refractivity contribution is 0.283. The number of aromatic nitrogens is 1. The van der Waals surface area contributed by atoms with Gasteiger partial charge in [0.2, 0.25) is 0 Å². The SMILES string of the molecule is OCCCCNCc1c[nH]c2cc(Cl)ccc12. The standard InChI is InChI=1S/C13H17ClN2O/c14-11-3-4-12-10(9-16-13(12)7-11)8-15-5-1-2-6-17/h3-4,7,9,15-17H,1-2,5-6,8H2. The Morgan fingerprint density at radius 1 is 1.29 bits per heavy atom. The van der Waals surface area contributed by atoms with Crippen LogP contribution in [-0.2, 0) is 6.54 Å². The molecule has 2 rings (SSSR count). The summed E-state index contributed by atoms with van der Waals surface area (Å²) in [5.74, 6) is 0. The summed E-state index contributed by atoms with van der Waals surface area (Å²) in [6, 6.07) is 5.89. The molecule has 0 saturated heterocycles. The van der Waals surface area contributed by atoms with Crippen molar-refractivity contribution in [3.63, 3.8) is 0 Å². The minimum absolute atomic E-state index is 0.271. The Hall–Kier alpha value is -1.03. The number of unbranched alkanes of at least 4 members (excludes halogenated alkanes) is 1. The van der Waals surface area contributed by atoms with Crippen LogP contribution >= 0.6 is 11.6 Å². The molecule has 4 heteroatoms. The van der Waals surface area contributed by atoms with E-state index in [4.69, 9.17) is 16.7 Å². The number of hydrogen-bond acceptors (Lipinski definition) is 2. The van der Waals surface area contributed by atoms with Crippen molar-refractivity contribution in [1.82, 2.24) is 10.3 Å². The summed E-state index contributed by atoms with van der Waals surface area (Å²) in [4.78, 5) is 3.22. The number of nitrogens with one attached hydrogen (secondary N) is 2. The Morgan fingerprint density at radius 2 is 2.18 bits per heavy atom. The molecule has 0 radical (unpaired) electrons. The second-order valence-corrected chi connectivity index (χ2v) is 4.55. The van der Waals surface area contributed by atoms with Gasteiger partial charge in [0.25, 0.3) is 0 Å². The summed E-state index contributed by atoms with van der Waals surface area (Å²) in [6.07, 6.45) is 3.88. The summed E-state index contributed by atoms with van der Waals surface area (Å²) in [6.45, 7) is 2.04. The topological polar surface area (TPSA) is 48.0 Å². The first-order valence-corrected chi connectivity index (χ1v) is 6.26. The average molecular weight is 253 g/mol. The molecule has 0 unspecified atom stereocenters. The molecule has 0 amide bonds. The monoisotopic (exact) mass is 252 g/mol. The molecule has 0 bridgehead atoms. The van der Waals surface area contributed by atoms with Crippen LogP contribution in [0.3, 0.4) is 0 Å². The molecule has 0 aliphatic heterocycles. The van der Waals surface area contributed by atoms with E-state index in [1.807, 2.05) is 24.4 Å². The lowest BCUT2D eigenvalue weighted by Crippen LogP contribution is -2.14. The van der Waals surface area contributed by atoms with E-state index < -0.39 is 0 Å². The van der Waals surface area contributed by atoms with E-state index in [1.165, 1.54) is 10.9 Å². The third-order valence-corrected chi connectivity index (χ3v) is 3.04. The highest BCUT2D eigenvalue weighted by Gasteiger charge is 2.03. The van der Waals surface area contributed by atoms with Gasteiger partial charge < -0.3 is 15.4 Å². The Bertz CT molecular complexity index is 481. The second-order valence-electron chi connectivity index (χ2n) is 4.11. The number of hydrogen-bond donors (Lipinski definition) is 3. The van der Waals surface area contributed by atoms with Crippen LogP contribution in [0, 0.1) is 0 Å². The first-order chi connectivity index (χ1) is 8.31. The zero-order chi connectivity index (χ0) is 12.1. The molecule has 0 aliphatic rings. The zero-order valence-corrected chi connectivity index (χ0v) is 10.4. The van der Waals surface area contributed by atoms with Crippen LogP contribution in [0.15, 0.2) is 24.4 Å². The van der Waals surface area contributed by atoms with E-state index in [9.17, 15) is 0 Å². The largest absolute Gasteiger partial charge is 0.396 e. The van der Waals surface area contributed by atoms with Gasteiger partial charge in [-0.2, -0.15) is 0 Å². The fourth-order valence-corrected chi connectivity index (χ4v) is 2.06. The minimum atomic E-state index is 0.271. The number of fused-ring (bicyclic) bond motifs is 1. The Balaban J connectivity index is 1.95. The zero-order valence-electron chi connectivity index (χ0n) is 9.67. The smallest absolute Gasteiger partial charge is 0.0472 e. The molecule has 92 valence electrons. The van der Waals surface area contributed by atoms with Crippen molar-refractivity contribution in [2.45, 2.75) is 19.4 Å². The van der Waals surface area contributed by atoms with E-state index in [2.05, 4.69) is 10.3 Å². The summed E-state index contributed by atoms with van der Waals surface area (Å²) in [7, 11) is 0. The number of halogens is 1. The molecule has 0 fully saturated rings. The maximum Gasteiger partial charge on any atom is 0.0472 e. The van der Waals surface area contributed by atoms with Gasteiger partial charge in [-0.15, -0.1) is 0 Å². The third kappa shape index (κ3) is 3.22. The molecule has 2 aromatic rings. The molecule has 0 spiro atoms. The van der Waals surface area contributed by atoms with E-state index in [1.54, 1.807) is 0 Å². The van der Waals surface area contributed by atoms with Crippen LogP contribution in [0.4, 0.5) is 0 Å². The van der Waals surface area contributed by atoms with Crippen molar-refractivity contribution >= 4 is 22.5 Å². The van der Waals surface area contributed by atoms with Crippen LogP contribution in [-0.4, -0.2) is 23.2 Å². The molecule has 0 aliphatic carbocycles. The summed E-state index contributed by atoms with van der Waals surface area (Å²) < 4.78 is 0. The van der Waals surface area contributed by atoms with Crippen molar-refractivity contribution in [3.8, 4) is 0 Å². The van der Waals surface area contributed by atoms with Crippen LogP contribution < -0.4 is 5.32 Å². The van der Waals surface area contributed by atoms with Gasteiger partial charge in [-0.25, -0.2) is 0 Å². The predicted octanol–water partition coefficient (Wildman–Crippen LogP) is 2.68. The molecular formula is C13H17ClN2O. The van der Waals surface area contributed by atoms with Crippen molar-refractivity contribution in [2.75, 3.05) is 13.2 Å². The minimum Gasteiger partial charge on any atom is -0.396 e. The Labute approximate surface area is 106 Å². The first kappa shape index (κ1) is 12.4.